The van der Waals surface area contributed by atoms with E-state index in [9.17, 15) is 0 Å². The van der Waals surface area contributed by atoms with Gasteiger partial charge in [0.05, 0.1) is 68.8 Å². The first-order valence-corrected chi connectivity index (χ1v) is 22.7. The van der Waals surface area contributed by atoms with E-state index in [4.69, 9.17) is 19.9 Å². The number of nitrogens with zero attached hydrogens (tertiary/aromatic N) is 8. The van der Waals surface area contributed by atoms with E-state index in [1.54, 1.807) is 0 Å². The molecule has 68 heavy (non-hydrogen) atoms. The van der Waals surface area contributed by atoms with Gasteiger partial charge in [-0.05, 0) is 59.3 Å². The lowest BCUT2D eigenvalue weighted by Crippen LogP contribution is -2.02. The summed E-state index contributed by atoms with van der Waals surface area (Å²) in [4.78, 5) is 30.1. The molecule has 0 saturated heterocycles. The second-order valence-electron chi connectivity index (χ2n) is 17.2. The summed E-state index contributed by atoms with van der Waals surface area (Å²) in [5, 5.41) is 9.13. The second kappa shape index (κ2) is 15.1. The number of rotatable bonds is 6. The molecule has 0 saturated carbocycles. The van der Waals surface area contributed by atoms with Crippen LogP contribution >= 0.6 is 0 Å². The van der Waals surface area contributed by atoms with Crippen LogP contribution in [-0.4, -0.2) is 39.0 Å². The number of hydrogen-bond donors (Lipinski definition) is 0. The Morgan fingerprint density at radius 1 is 0.294 bits per heavy atom. The summed E-state index contributed by atoms with van der Waals surface area (Å²) in [5.41, 5.74) is 14.2. The van der Waals surface area contributed by atoms with Gasteiger partial charge < -0.3 is 9.13 Å². The van der Waals surface area contributed by atoms with Crippen molar-refractivity contribution < 1.29 is 0 Å². The minimum absolute atomic E-state index is 0.635. The van der Waals surface area contributed by atoms with Gasteiger partial charge >= 0.3 is 0 Å². The molecule has 0 unspecified atom stereocenters. The number of hydrogen-bond acceptors (Lipinski definition) is 6. The summed E-state index contributed by atoms with van der Waals surface area (Å²) in [6.45, 7) is 0. The maximum Gasteiger partial charge on any atom is 0.160 e. The van der Waals surface area contributed by atoms with Crippen LogP contribution in [0.5, 0.6) is 0 Å². The Morgan fingerprint density at radius 2 is 0.765 bits per heavy atom. The van der Waals surface area contributed by atoms with Gasteiger partial charge in [-0.1, -0.05) is 140 Å². The lowest BCUT2D eigenvalue weighted by atomic mass is 9.99. The standard InChI is InChI=1S/C60H36N8/c1-2-12-39(13-3-1)60-65-51(37-22-24-38(25-23-37)53-34-63-58-49-18-6-4-14-43(49)44-15-5-7-19-50(44)59(58)64-53)33-52(66-60)40-30-41(67-54-20-10-8-16-45(54)47-26-28-61-35-56(47)67)32-42(31-40)68-55-21-11-9-17-46(55)48-27-29-62-36-57(48)68/h1-36H. The lowest BCUT2D eigenvalue weighted by molar-refractivity contribution is 1.12. The molecule has 0 amide bonds. The minimum atomic E-state index is 0.635. The van der Waals surface area contributed by atoms with Crippen molar-refractivity contribution >= 4 is 76.2 Å². The van der Waals surface area contributed by atoms with Crippen molar-refractivity contribution in [2.24, 2.45) is 0 Å². The van der Waals surface area contributed by atoms with Gasteiger partial charge in [0.15, 0.2) is 5.82 Å². The summed E-state index contributed by atoms with van der Waals surface area (Å²) in [6, 6.07) is 65.7. The fourth-order valence-electron chi connectivity index (χ4n) is 10.2. The summed E-state index contributed by atoms with van der Waals surface area (Å²) in [5.74, 6) is 0.635. The third kappa shape index (κ3) is 5.94. The van der Waals surface area contributed by atoms with Crippen LogP contribution in [0.3, 0.4) is 0 Å². The van der Waals surface area contributed by atoms with Crippen molar-refractivity contribution in [1.29, 1.82) is 0 Å². The van der Waals surface area contributed by atoms with E-state index in [1.165, 1.54) is 10.8 Å². The van der Waals surface area contributed by atoms with E-state index < -0.39 is 0 Å². The number of fused-ring (bicyclic) bond motifs is 12. The average molecular weight is 869 g/mol. The maximum absolute atomic E-state index is 5.36. The van der Waals surface area contributed by atoms with Gasteiger partial charge in [-0.3, -0.25) is 15.0 Å². The summed E-state index contributed by atoms with van der Waals surface area (Å²) in [7, 11) is 0. The van der Waals surface area contributed by atoms with Crippen molar-refractivity contribution in [3.8, 4) is 56.5 Å². The monoisotopic (exact) mass is 868 g/mol. The fraction of sp³-hybridized carbons (Fsp3) is 0. The van der Waals surface area contributed by atoms with Crippen LogP contribution in [0.25, 0.3) is 133 Å². The van der Waals surface area contributed by atoms with E-state index in [-0.39, 0.29) is 0 Å². The third-order valence-corrected chi connectivity index (χ3v) is 13.3. The summed E-state index contributed by atoms with van der Waals surface area (Å²) in [6.07, 6.45) is 9.54. The predicted molar refractivity (Wildman–Crippen MR) is 276 cm³/mol. The normalized spacial score (nSPS) is 11.8. The molecule has 8 heteroatoms. The van der Waals surface area contributed by atoms with Crippen LogP contribution in [-0.2, 0) is 0 Å². The first-order chi connectivity index (χ1) is 33.7. The zero-order valence-corrected chi connectivity index (χ0v) is 36.4. The molecule has 8 nitrogen and oxygen atoms in total. The maximum atomic E-state index is 5.36. The molecule has 6 heterocycles. The Kier molecular flexibility index (Phi) is 8.41. The van der Waals surface area contributed by atoms with Crippen molar-refractivity contribution in [3.05, 3.63) is 219 Å². The van der Waals surface area contributed by atoms with Crippen LogP contribution in [0.4, 0.5) is 0 Å². The van der Waals surface area contributed by atoms with E-state index in [0.717, 1.165) is 116 Å². The molecule has 8 aromatic carbocycles. The topological polar surface area (TPSA) is 87.2 Å². The Balaban J connectivity index is 0.965. The van der Waals surface area contributed by atoms with Crippen molar-refractivity contribution in [2.45, 2.75) is 0 Å². The zero-order valence-electron chi connectivity index (χ0n) is 36.4. The molecule has 14 rings (SSSR count). The van der Waals surface area contributed by atoms with Crippen LogP contribution in [0.2, 0.25) is 0 Å². The molecule has 0 bridgehead atoms. The number of para-hydroxylation sites is 2. The minimum Gasteiger partial charge on any atom is -0.308 e. The Bertz CT molecular complexity index is 4050. The SMILES string of the molecule is c1ccc(-c2nc(-c3ccc(-c4cnc5c6ccccc6c6ccccc6c5n4)cc3)cc(-c3cc(-n4c5ccccc5c5ccncc54)cc(-n4c5ccccc5c5ccncc54)c3)n2)cc1. The zero-order chi connectivity index (χ0) is 44.7. The Hall–Kier alpha value is -9.40. The highest BCUT2D eigenvalue weighted by Crippen LogP contribution is 2.39. The Labute approximate surface area is 389 Å². The molecule has 0 fully saturated rings. The van der Waals surface area contributed by atoms with E-state index in [2.05, 4.69) is 189 Å². The van der Waals surface area contributed by atoms with Crippen LogP contribution < -0.4 is 0 Å². The smallest absolute Gasteiger partial charge is 0.160 e. The van der Waals surface area contributed by atoms with Gasteiger partial charge in [0.1, 0.15) is 0 Å². The quantitative estimate of drug-likeness (QED) is 0.155. The predicted octanol–water partition coefficient (Wildman–Crippen LogP) is 14.4. The molecule has 0 aliphatic carbocycles. The molecule has 14 aromatic rings. The van der Waals surface area contributed by atoms with Gasteiger partial charge in [-0.25, -0.2) is 15.0 Å². The molecule has 0 aliphatic rings. The van der Waals surface area contributed by atoms with E-state index in [0.29, 0.717) is 5.82 Å². The number of pyridine rings is 2. The van der Waals surface area contributed by atoms with Gasteiger partial charge in [0, 0.05) is 78.3 Å². The molecular weight excluding hydrogens is 833 g/mol. The number of benzene rings is 8. The van der Waals surface area contributed by atoms with Gasteiger partial charge in [-0.2, -0.15) is 0 Å². The highest BCUT2D eigenvalue weighted by atomic mass is 15.0. The van der Waals surface area contributed by atoms with E-state index >= 15 is 0 Å². The first-order valence-electron chi connectivity index (χ1n) is 22.7. The lowest BCUT2D eigenvalue weighted by Gasteiger charge is -2.16. The molecule has 6 aromatic heterocycles. The van der Waals surface area contributed by atoms with Crippen molar-refractivity contribution in [3.63, 3.8) is 0 Å². The molecule has 0 radical (unpaired) electrons. The van der Waals surface area contributed by atoms with Gasteiger partial charge in [0.25, 0.3) is 0 Å². The highest BCUT2D eigenvalue weighted by Gasteiger charge is 2.20. The third-order valence-electron chi connectivity index (χ3n) is 13.3. The summed E-state index contributed by atoms with van der Waals surface area (Å²) < 4.78 is 4.63. The van der Waals surface area contributed by atoms with E-state index in [1.807, 2.05) is 49.2 Å². The molecule has 0 aliphatic heterocycles. The van der Waals surface area contributed by atoms with Gasteiger partial charge in [-0.15, -0.1) is 0 Å². The van der Waals surface area contributed by atoms with Crippen LogP contribution in [0.15, 0.2) is 219 Å². The first kappa shape index (κ1) is 37.9. The highest BCUT2D eigenvalue weighted by molar-refractivity contribution is 6.23. The average Bonchev–Trinajstić information content (AvgIpc) is 3.94. The van der Waals surface area contributed by atoms with Crippen molar-refractivity contribution in [1.82, 2.24) is 39.0 Å². The van der Waals surface area contributed by atoms with Crippen LogP contribution in [0.1, 0.15) is 0 Å². The molecule has 316 valence electrons. The largest absolute Gasteiger partial charge is 0.308 e. The fourth-order valence-corrected chi connectivity index (χ4v) is 10.2. The van der Waals surface area contributed by atoms with Crippen LogP contribution in [0, 0.1) is 0 Å². The second-order valence-corrected chi connectivity index (χ2v) is 17.2. The van der Waals surface area contributed by atoms with Gasteiger partial charge in [0.2, 0.25) is 0 Å². The molecule has 0 atom stereocenters. The Morgan fingerprint density at radius 3 is 1.35 bits per heavy atom. The summed E-state index contributed by atoms with van der Waals surface area (Å²) >= 11 is 0. The molecule has 0 spiro atoms. The number of aromatic nitrogens is 8. The molecular formula is C60H36N8. The molecule has 0 N–H and O–H groups in total. The van der Waals surface area contributed by atoms with Crippen molar-refractivity contribution in [2.75, 3.05) is 0 Å².